The van der Waals surface area contributed by atoms with Gasteiger partial charge in [-0.15, -0.1) is 0 Å². The third-order valence-corrected chi connectivity index (χ3v) is 1.93. The molecule has 0 atom stereocenters. The lowest BCUT2D eigenvalue weighted by atomic mass is 10.3. The van der Waals surface area contributed by atoms with Gasteiger partial charge in [0.05, 0.1) is 0 Å². The van der Waals surface area contributed by atoms with Gasteiger partial charge in [0.15, 0.2) is 5.58 Å². The summed E-state index contributed by atoms with van der Waals surface area (Å²) in [4.78, 5) is 0.164. The molecule has 0 unspecified atom stereocenters. The van der Waals surface area contributed by atoms with E-state index in [-0.39, 0.29) is 11.1 Å². The van der Waals surface area contributed by atoms with Crippen LogP contribution in [0.5, 0.6) is 0 Å². The molecule has 0 radical (unpaired) electrons. The van der Waals surface area contributed by atoms with E-state index in [1.54, 1.807) is 0 Å². The van der Waals surface area contributed by atoms with Crippen LogP contribution in [-0.4, -0.2) is 4.98 Å². The van der Waals surface area contributed by atoms with Crippen molar-refractivity contribution in [2.75, 3.05) is 0 Å². The van der Waals surface area contributed by atoms with E-state index in [4.69, 9.17) is 0 Å². The summed E-state index contributed by atoms with van der Waals surface area (Å²) < 4.78 is 42.6. The molecule has 1 aromatic heterocycles. The Hall–Kier alpha value is -1.04. The lowest BCUT2D eigenvalue weighted by Crippen LogP contribution is -2.01. The average Bonchev–Trinajstić information content (AvgIpc) is 2.45. The predicted octanol–water partition coefficient (Wildman–Crippen LogP) is 3.41. The highest BCUT2D eigenvalue weighted by Gasteiger charge is 2.33. The van der Waals surface area contributed by atoms with Gasteiger partial charge in [-0.05, 0) is 12.1 Å². The molecule has 0 aliphatic rings. The van der Waals surface area contributed by atoms with Crippen LogP contribution < -0.4 is 0 Å². The summed E-state index contributed by atoms with van der Waals surface area (Å²) >= 11 is 2.10. The summed E-state index contributed by atoms with van der Waals surface area (Å²) in [7, 11) is 0. The van der Waals surface area contributed by atoms with E-state index in [1.165, 1.54) is 6.07 Å². The number of benzene rings is 1. The molecule has 74 valence electrons. The van der Waals surface area contributed by atoms with Gasteiger partial charge in [0.25, 0.3) is 5.89 Å². The average molecular weight is 266 g/mol. The Kier molecular flexibility index (Phi) is 2.02. The van der Waals surface area contributed by atoms with Gasteiger partial charge in [-0.1, -0.05) is 0 Å². The first-order valence-electron chi connectivity index (χ1n) is 3.60. The van der Waals surface area contributed by atoms with Gasteiger partial charge in [-0.3, -0.25) is 0 Å². The lowest BCUT2D eigenvalue weighted by Gasteiger charge is -1.99. The molecule has 0 fully saturated rings. The fourth-order valence-corrected chi connectivity index (χ4v) is 1.19. The number of oxazole rings is 1. The molecule has 2 aromatic rings. The number of fused-ring (bicyclic) bond motifs is 1. The predicted molar refractivity (Wildman–Crippen MR) is 46.8 cm³/mol. The van der Waals surface area contributed by atoms with Gasteiger partial charge in [-0.25, -0.2) is 9.37 Å². The van der Waals surface area contributed by atoms with E-state index in [0.717, 1.165) is 12.1 Å². The van der Waals surface area contributed by atoms with E-state index in [2.05, 4.69) is 25.3 Å². The molecule has 0 spiro atoms. The molecular weight excluding hydrogens is 263 g/mol. The van der Waals surface area contributed by atoms with Crippen LogP contribution >= 0.6 is 15.9 Å². The highest BCUT2D eigenvalue weighted by atomic mass is 79.9. The van der Waals surface area contributed by atoms with Crippen molar-refractivity contribution in [2.24, 2.45) is 0 Å². The van der Waals surface area contributed by atoms with Crippen LogP contribution in [0.15, 0.2) is 22.6 Å². The summed E-state index contributed by atoms with van der Waals surface area (Å²) in [5.41, 5.74) is 0.194. The molecular formula is C8H3BrF3NO. The van der Waals surface area contributed by atoms with Gasteiger partial charge in [-0.2, -0.15) is 8.78 Å². The Labute approximate surface area is 84.9 Å². The summed E-state index contributed by atoms with van der Waals surface area (Å²) in [6, 6.07) is 3.40. The van der Waals surface area contributed by atoms with Crippen LogP contribution in [0.25, 0.3) is 11.1 Å². The minimum Gasteiger partial charge on any atom is -0.434 e. The maximum absolute atomic E-state index is 12.7. The second-order valence-corrected chi connectivity index (χ2v) is 3.62. The van der Waals surface area contributed by atoms with Gasteiger partial charge in [0.1, 0.15) is 11.3 Å². The van der Waals surface area contributed by atoms with Crippen molar-refractivity contribution < 1.29 is 17.6 Å². The molecule has 0 saturated carbocycles. The van der Waals surface area contributed by atoms with Crippen molar-refractivity contribution in [3.05, 3.63) is 29.9 Å². The second-order valence-electron chi connectivity index (χ2n) is 2.63. The normalized spacial score (nSPS) is 12.3. The van der Waals surface area contributed by atoms with Crippen molar-refractivity contribution in [3.63, 3.8) is 0 Å². The Morgan fingerprint density at radius 1 is 1.36 bits per heavy atom. The molecule has 0 N–H and O–H groups in total. The van der Waals surface area contributed by atoms with Crippen molar-refractivity contribution in [1.29, 1.82) is 0 Å². The molecule has 0 saturated heterocycles. The number of halogens is 4. The number of hydrogen-bond donors (Lipinski definition) is 0. The zero-order valence-electron chi connectivity index (χ0n) is 6.60. The highest BCUT2D eigenvalue weighted by molar-refractivity contribution is 9.09. The monoisotopic (exact) mass is 265 g/mol. The van der Waals surface area contributed by atoms with E-state index in [9.17, 15) is 13.2 Å². The van der Waals surface area contributed by atoms with E-state index in [0.29, 0.717) is 0 Å². The zero-order valence-corrected chi connectivity index (χ0v) is 8.19. The van der Waals surface area contributed by atoms with Gasteiger partial charge >= 0.3 is 4.83 Å². The van der Waals surface area contributed by atoms with Gasteiger partial charge in [0, 0.05) is 22.0 Å². The van der Waals surface area contributed by atoms with Crippen LogP contribution in [-0.2, 0) is 4.83 Å². The van der Waals surface area contributed by atoms with Crippen molar-refractivity contribution in [3.8, 4) is 0 Å². The molecule has 0 bridgehead atoms. The SMILES string of the molecule is Fc1ccc2nc(C(F)(F)Br)oc2c1. The molecule has 2 rings (SSSR count). The number of rotatable bonds is 1. The van der Waals surface area contributed by atoms with E-state index in [1.807, 2.05) is 0 Å². The number of hydrogen-bond acceptors (Lipinski definition) is 2. The topological polar surface area (TPSA) is 26.0 Å². The summed E-state index contributed by atoms with van der Waals surface area (Å²) in [6.45, 7) is 0. The number of nitrogens with zero attached hydrogens (tertiary/aromatic N) is 1. The molecule has 0 aliphatic carbocycles. The third kappa shape index (κ3) is 1.61. The van der Waals surface area contributed by atoms with Crippen LogP contribution in [0.3, 0.4) is 0 Å². The largest absolute Gasteiger partial charge is 0.434 e. The first kappa shape index (κ1) is 9.51. The van der Waals surface area contributed by atoms with Crippen LogP contribution in [0, 0.1) is 5.82 Å². The Balaban J connectivity index is 2.63. The first-order valence-corrected chi connectivity index (χ1v) is 4.39. The van der Waals surface area contributed by atoms with Crippen LogP contribution in [0.4, 0.5) is 13.2 Å². The fourth-order valence-electron chi connectivity index (χ4n) is 1.02. The Morgan fingerprint density at radius 3 is 2.71 bits per heavy atom. The standard InChI is InChI=1S/C8H3BrF3NO/c9-8(11,12)7-13-5-2-1-4(10)3-6(5)14-7/h1-3H. The maximum Gasteiger partial charge on any atom is 0.375 e. The zero-order chi connectivity index (χ0) is 10.3. The Bertz CT molecular complexity index is 477. The van der Waals surface area contributed by atoms with Crippen molar-refractivity contribution in [1.82, 2.24) is 4.98 Å². The molecule has 2 nitrogen and oxygen atoms in total. The highest BCUT2D eigenvalue weighted by Crippen LogP contribution is 2.35. The summed E-state index contributed by atoms with van der Waals surface area (Å²) in [5.74, 6) is -1.34. The third-order valence-electron chi connectivity index (χ3n) is 1.59. The van der Waals surface area contributed by atoms with E-state index >= 15 is 0 Å². The molecule has 1 heterocycles. The van der Waals surface area contributed by atoms with Crippen molar-refractivity contribution in [2.45, 2.75) is 4.83 Å². The minimum absolute atomic E-state index is 0.000810. The second kappa shape index (κ2) is 2.98. The molecule has 0 amide bonds. The van der Waals surface area contributed by atoms with Crippen LogP contribution in [0.1, 0.15) is 5.89 Å². The van der Waals surface area contributed by atoms with Gasteiger partial charge in [0.2, 0.25) is 0 Å². The molecule has 1 aromatic carbocycles. The minimum atomic E-state index is -3.33. The maximum atomic E-state index is 12.7. The van der Waals surface area contributed by atoms with Crippen molar-refractivity contribution >= 4 is 27.0 Å². The fraction of sp³-hybridized carbons (Fsp3) is 0.125. The first-order chi connectivity index (χ1) is 6.47. The molecule has 14 heavy (non-hydrogen) atoms. The van der Waals surface area contributed by atoms with Gasteiger partial charge < -0.3 is 4.42 Å². The smallest absolute Gasteiger partial charge is 0.375 e. The summed E-state index contributed by atoms with van der Waals surface area (Å²) in [6.07, 6.45) is 0. The summed E-state index contributed by atoms with van der Waals surface area (Å²) in [5, 5.41) is 0. The quantitative estimate of drug-likeness (QED) is 0.739. The number of alkyl halides is 3. The molecule has 6 heteroatoms. The Morgan fingerprint density at radius 2 is 2.07 bits per heavy atom. The number of aromatic nitrogens is 1. The molecule has 0 aliphatic heterocycles. The van der Waals surface area contributed by atoms with Crippen LogP contribution in [0.2, 0.25) is 0 Å². The lowest BCUT2D eigenvalue weighted by molar-refractivity contribution is 0.0823. The van der Waals surface area contributed by atoms with E-state index < -0.39 is 16.5 Å².